The van der Waals surface area contributed by atoms with Crippen LogP contribution < -0.4 is 9.96 Å². The third-order valence-electron chi connectivity index (χ3n) is 4.55. The van der Waals surface area contributed by atoms with E-state index in [1.165, 1.54) is 0 Å². The second-order valence-corrected chi connectivity index (χ2v) is 5.89. The minimum absolute atomic E-state index is 0.0331. The van der Waals surface area contributed by atoms with Gasteiger partial charge in [0.05, 0.1) is 31.4 Å². The van der Waals surface area contributed by atoms with E-state index in [1.807, 2.05) is 36.3 Å². The van der Waals surface area contributed by atoms with E-state index in [0.717, 1.165) is 24.1 Å². The molecule has 1 aromatic rings. The topological polar surface area (TPSA) is 54.3 Å². The zero-order valence-electron chi connectivity index (χ0n) is 12.6. The van der Waals surface area contributed by atoms with E-state index in [1.54, 1.807) is 17.0 Å². The van der Waals surface area contributed by atoms with Gasteiger partial charge in [-0.2, -0.15) is 0 Å². The minimum Gasteiger partial charge on any atom is -0.634 e. The maximum atomic E-state index is 12.6. The first-order valence-electron chi connectivity index (χ1n) is 7.45. The lowest BCUT2D eigenvalue weighted by atomic mass is 10.1. The maximum Gasteiger partial charge on any atom is 0.339 e. The quantitative estimate of drug-likeness (QED) is 0.805. The number of carbonyl (C=O) groups is 1. The number of nitrogens with zero attached hydrogens (tertiary/aromatic N) is 3. The number of hydrazine groups is 1. The largest absolute Gasteiger partial charge is 0.634 e. The van der Waals surface area contributed by atoms with Gasteiger partial charge in [0, 0.05) is 14.1 Å². The highest BCUT2D eigenvalue weighted by atomic mass is 16.5. The lowest BCUT2D eigenvalue weighted by molar-refractivity contribution is -0.856. The van der Waals surface area contributed by atoms with Gasteiger partial charge in [0.2, 0.25) is 0 Å². The molecule has 0 bridgehead atoms. The van der Waals surface area contributed by atoms with Crippen molar-refractivity contribution in [1.82, 2.24) is 10.0 Å². The van der Waals surface area contributed by atoms with Gasteiger partial charge in [-0.15, -0.1) is 0 Å². The van der Waals surface area contributed by atoms with Gasteiger partial charge in [-0.1, -0.05) is 18.2 Å². The highest BCUT2D eigenvalue weighted by Gasteiger charge is 2.34. The smallest absolute Gasteiger partial charge is 0.339 e. The number of piperidine rings is 1. The summed E-state index contributed by atoms with van der Waals surface area (Å²) in [5.74, 6) is 0. The second kappa shape index (κ2) is 5.63. The number of carbonyl (C=O) groups excluding carboxylic acids is 1. The van der Waals surface area contributed by atoms with Crippen LogP contribution in [-0.4, -0.2) is 49.3 Å². The fourth-order valence-corrected chi connectivity index (χ4v) is 3.24. The Morgan fingerprint density at radius 1 is 1.38 bits per heavy atom. The molecule has 1 N–H and O–H groups in total. The second-order valence-electron chi connectivity index (χ2n) is 5.89. The minimum atomic E-state index is -0.0331. The number of hydrogen-bond donors (Lipinski definition) is 1. The predicted octanol–water partition coefficient (Wildman–Crippen LogP) is 0.450. The summed E-state index contributed by atoms with van der Waals surface area (Å²) in [6, 6.07) is 8.05. The molecule has 1 fully saturated rings. The average Bonchev–Trinajstić information content (AvgIpc) is 2.50. The first-order valence-corrected chi connectivity index (χ1v) is 7.45. The van der Waals surface area contributed by atoms with Crippen molar-refractivity contribution < 1.29 is 9.86 Å². The summed E-state index contributed by atoms with van der Waals surface area (Å²) < 4.78 is 0. The summed E-state index contributed by atoms with van der Waals surface area (Å²) in [4.78, 5) is 14.3. The predicted molar refractivity (Wildman–Crippen MR) is 80.6 cm³/mol. The van der Waals surface area contributed by atoms with E-state index >= 15 is 0 Å². The van der Waals surface area contributed by atoms with Crippen LogP contribution in [0.4, 0.5) is 10.5 Å². The molecule has 2 atom stereocenters. The van der Waals surface area contributed by atoms with E-state index in [2.05, 4.69) is 0 Å². The molecule has 0 saturated carbocycles. The van der Waals surface area contributed by atoms with Gasteiger partial charge in [0.1, 0.15) is 0 Å². The van der Waals surface area contributed by atoms with E-state index in [9.17, 15) is 10.0 Å². The van der Waals surface area contributed by atoms with Crippen LogP contribution in [0.25, 0.3) is 0 Å². The molecular weight excluding hydrogens is 268 g/mol. The van der Waals surface area contributed by atoms with Crippen LogP contribution >= 0.6 is 0 Å². The molecule has 3 rings (SSSR count). The molecule has 2 amide bonds. The molecule has 0 radical (unpaired) electrons. The number of nitrogens with one attached hydrogen (secondary N) is 1. The Hall–Kier alpha value is -1.63. The molecule has 2 unspecified atom stereocenters. The highest BCUT2D eigenvalue weighted by Crippen LogP contribution is 2.28. The number of anilines is 1. The number of benzene rings is 1. The van der Waals surface area contributed by atoms with Gasteiger partial charge in [-0.05, 0) is 24.5 Å². The first kappa shape index (κ1) is 14.3. The summed E-state index contributed by atoms with van der Waals surface area (Å²) in [6.45, 7) is 1.80. The van der Waals surface area contributed by atoms with Crippen LogP contribution in [0.3, 0.4) is 0 Å². The Kier molecular flexibility index (Phi) is 3.84. The van der Waals surface area contributed by atoms with Crippen LogP contribution in [0.1, 0.15) is 18.4 Å². The Labute approximate surface area is 125 Å². The van der Waals surface area contributed by atoms with Crippen molar-refractivity contribution in [2.75, 3.05) is 32.1 Å². The van der Waals surface area contributed by atoms with Crippen molar-refractivity contribution in [2.24, 2.45) is 0 Å². The molecule has 1 saturated heterocycles. The summed E-state index contributed by atoms with van der Waals surface area (Å²) in [5, 5.41) is 15.7. The number of quaternary nitrogens is 1. The van der Waals surface area contributed by atoms with Crippen LogP contribution in [0.5, 0.6) is 0 Å². The van der Waals surface area contributed by atoms with Crippen LogP contribution in [0.2, 0.25) is 0 Å². The SMILES string of the molecule is CN1C(=O)N(N(C)C2CCC[NH+]([O-])C2)Cc2ccccc21. The lowest BCUT2D eigenvalue weighted by Gasteiger charge is -2.45. The molecule has 0 aliphatic carbocycles. The summed E-state index contributed by atoms with van der Waals surface area (Å²) >= 11 is 0. The third-order valence-corrected chi connectivity index (χ3v) is 4.55. The number of hydroxylamine groups is 2. The number of likely N-dealkylation sites (N-methyl/N-ethyl adjacent to an activating group) is 1. The van der Waals surface area contributed by atoms with Crippen molar-refractivity contribution in [2.45, 2.75) is 25.4 Å². The fraction of sp³-hybridized carbons (Fsp3) is 0.533. The van der Waals surface area contributed by atoms with Crippen molar-refractivity contribution in [3.8, 4) is 0 Å². The zero-order chi connectivity index (χ0) is 15.0. The summed E-state index contributed by atoms with van der Waals surface area (Å²) in [6.07, 6.45) is 1.89. The van der Waals surface area contributed by atoms with Gasteiger partial charge in [0.15, 0.2) is 0 Å². The fourth-order valence-electron chi connectivity index (χ4n) is 3.24. The first-order chi connectivity index (χ1) is 10.1. The number of fused-ring (bicyclic) bond motifs is 1. The molecule has 2 aliphatic heterocycles. The lowest BCUT2D eigenvalue weighted by Crippen LogP contribution is -3.10. The molecule has 21 heavy (non-hydrogen) atoms. The molecular formula is C15H22N4O2. The molecule has 2 heterocycles. The maximum absolute atomic E-state index is 12.6. The summed E-state index contributed by atoms with van der Waals surface area (Å²) in [5.41, 5.74) is 2.10. The third kappa shape index (κ3) is 2.62. The van der Waals surface area contributed by atoms with E-state index in [0.29, 0.717) is 24.7 Å². The van der Waals surface area contributed by atoms with Gasteiger partial charge in [-0.3, -0.25) is 9.91 Å². The number of amides is 2. The van der Waals surface area contributed by atoms with Gasteiger partial charge in [-0.25, -0.2) is 9.80 Å². The standard InChI is InChI=1S/C15H22N4O2/c1-16-14-8-4-3-6-12(14)10-19(15(16)20)17(2)13-7-5-9-18(21)11-13/h3-4,6,8,13,18H,5,7,9-11H2,1-2H3. The Balaban J connectivity index is 1.81. The molecule has 114 valence electrons. The number of para-hydroxylation sites is 1. The molecule has 0 aromatic heterocycles. The van der Waals surface area contributed by atoms with Gasteiger partial charge < -0.3 is 10.3 Å². The summed E-state index contributed by atoms with van der Waals surface area (Å²) in [7, 11) is 3.72. The monoisotopic (exact) mass is 290 g/mol. The van der Waals surface area contributed by atoms with Crippen molar-refractivity contribution in [3.05, 3.63) is 35.0 Å². The average molecular weight is 290 g/mol. The van der Waals surface area contributed by atoms with Crippen LogP contribution in [0.15, 0.2) is 24.3 Å². The van der Waals surface area contributed by atoms with Gasteiger partial charge >= 0.3 is 6.03 Å². The van der Waals surface area contributed by atoms with E-state index < -0.39 is 0 Å². The normalized spacial score (nSPS) is 26.2. The Morgan fingerprint density at radius 2 is 2.14 bits per heavy atom. The molecule has 6 nitrogen and oxygen atoms in total. The van der Waals surface area contributed by atoms with Crippen molar-refractivity contribution in [1.29, 1.82) is 0 Å². The highest BCUT2D eigenvalue weighted by molar-refractivity contribution is 5.93. The number of rotatable bonds is 2. The van der Waals surface area contributed by atoms with Crippen molar-refractivity contribution >= 4 is 11.7 Å². The number of urea groups is 1. The molecule has 0 spiro atoms. The van der Waals surface area contributed by atoms with Gasteiger partial charge in [0.25, 0.3) is 0 Å². The molecule has 1 aromatic carbocycles. The van der Waals surface area contributed by atoms with E-state index in [4.69, 9.17) is 0 Å². The van der Waals surface area contributed by atoms with Crippen molar-refractivity contribution in [3.63, 3.8) is 0 Å². The molecule has 6 heteroatoms. The zero-order valence-corrected chi connectivity index (χ0v) is 12.6. The Bertz CT molecular complexity index is 536. The van der Waals surface area contributed by atoms with E-state index in [-0.39, 0.29) is 12.1 Å². The molecule has 2 aliphatic rings. The Morgan fingerprint density at radius 3 is 2.90 bits per heavy atom. The van der Waals surface area contributed by atoms with Crippen LogP contribution in [-0.2, 0) is 6.54 Å². The number of hydrogen-bond acceptors (Lipinski definition) is 3. The van der Waals surface area contributed by atoms with Crippen LogP contribution in [0, 0.1) is 5.21 Å².